The lowest BCUT2D eigenvalue weighted by molar-refractivity contribution is -0.118. The Hall–Kier alpha value is -2.38. The number of ether oxygens (including phenoxy) is 1. The van der Waals surface area contributed by atoms with Crippen molar-refractivity contribution in [3.8, 4) is 5.75 Å². The molecule has 1 N–H and O–H groups in total. The van der Waals surface area contributed by atoms with Gasteiger partial charge in [0, 0.05) is 19.8 Å². The van der Waals surface area contributed by atoms with Gasteiger partial charge in [-0.25, -0.2) is 12.7 Å². The quantitative estimate of drug-likeness (QED) is 0.822. The Balaban J connectivity index is 2.15. The van der Waals surface area contributed by atoms with Gasteiger partial charge in [0.05, 0.1) is 4.90 Å². The molecule has 0 aliphatic carbocycles. The third-order valence-corrected chi connectivity index (χ3v) is 6.03. The third kappa shape index (κ3) is 4.87. The van der Waals surface area contributed by atoms with E-state index in [2.05, 4.69) is 5.32 Å². The van der Waals surface area contributed by atoms with E-state index in [1.807, 2.05) is 32.9 Å². The average Bonchev–Trinajstić information content (AvgIpc) is 2.55. The Morgan fingerprint density at radius 3 is 2.15 bits per heavy atom. The Morgan fingerprint density at radius 1 is 1.00 bits per heavy atom. The number of carbonyl (C=O) groups is 1. The number of nitrogens with zero attached hydrogens (tertiary/aromatic N) is 1. The van der Waals surface area contributed by atoms with E-state index in [0.717, 1.165) is 26.6 Å². The highest BCUT2D eigenvalue weighted by atomic mass is 32.2. The number of benzene rings is 2. The molecule has 146 valence electrons. The molecule has 0 aliphatic heterocycles. The molecule has 1 amide bonds. The predicted octanol–water partition coefficient (Wildman–Crippen LogP) is 3.19. The summed E-state index contributed by atoms with van der Waals surface area (Å²) in [5.41, 5.74) is 4.29. The molecule has 0 heterocycles. The molecule has 0 aromatic heterocycles. The summed E-state index contributed by atoms with van der Waals surface area (Å²) in [6, 6.07) is 8.65. The lowest BCUT2D eigenvalue weighted by Crippen LogP contribution is -2.23. The minimum Gasteiger partial charge on any atom is -0.483 e. The van der Waals surface area contributed by atoms with Gasteiger partial charge in [0.15, 0.2) is 6.61 Å². The molecular weight excluding hydrogens is 364 g/mol. The van der Waals surface area contributed by atoms with Gasteiger partial charge in [-0.05, 0) is 56.5 Å². The average molecular weight is 391 g/mol. The first kappa shape index (κ1) is 20.9. The van der Waals surface area contributed by atoms with Crippen LogP contribution in [-0.4, -0.2) is 39.3 Å². The van der Waals surface area contributed by atoms with E-state index < -0.39 is 10.0 Å². The number of sulfonamides is 1. The second-order valence-corrected chi connectivity index (χ2v) is 8.98. The molecule has 0 aliphatic rings. The Labute approximate surface area is 161 Å². The van der Waals surface area contributed by atoms with Crippen LogP contribution in [0.5, 0.6) is 5.75 Å². The molecule has 0 saturated heterocycles. The number of hydrogen-bond donors (Lipinski definition) is 1. The summed E-state index contributed by atoms with van der Waals surface area (Å²) in [5.74, 6) is 0.341. The van der Waals surface area contributed by atoms with Crippen LogP contribution in [-0.2, 0) is 14.8 Å². The molecule has 0 atom stereocenters. The largest absolute Gasteiger partial charge is 0.483 e. The van der Waals surface area contributed by atoms with E-state index in [1.54, 1.807) is 13.0 Å². The van der Waals surface area contributed by atoms with Gasteiger partial charge in [-0.15, -0.1) is 0 Å². The Kier molecular flexibility index (Phi) is 6.28. The monoisotopic (exact) mass is 390 g/mol. The van der Waals surface area contributed by atoms with Crippen molar-refractivity contribution >= 4 is 21.6 Å². The summed E-state index contributed by atoms with van der Waals surface area (Å²) in [7, 11) is -0.640. The van der Waals surface area contributed by atoms with Gasteiger partial charge in [-0.1, -0.05) is 23.8 Å². The van der Waals surface area contributed by atoms with Crippen molar-refractivity contribution in [3.63, 3.8) is 0 Å². The molecule has 6 nitrogen and oxygen atoms in total. The standard InChI is InChI=1S/C20H26N2O4S/c1-13-9-15(3)20(16(4)10-13)26-12-19(23)21-18-11-17(8-7-14(18)2)27(24,25)22(5)6/h7-11H,12H2,1-6H3,(H,21,23). The third-order valence-electron chi connectivity index (χ3n) is 4.21. The lowest BCUT2D eigenvalue weighted by atomic mass is 10.1. The van der Waals surface area contributed by atoms with Crippen molar-refractivity contribution in [2.24, 2.45) is 0 Å². The smallest absolute Gasteiger partial charge is 0.262 e. The summed E-state index contributed by atoms with van der Waals surface area (Å²) >= 11 is 0. The SMILES string of the molecule is Cc1cc(C)c(OCC(=O)Nc2cc(S(=O)(=O)N(C)C)ccc2C)c(C)c1. The summed E-state index contributed by atoms with van der Waals surface area (Å²) in [6.07, 6.45) is 0. The number of rotatable bonds is 6. The molecule has 0 saturated carbocycles. The fourth-order valence-corrected chi connectivity index (χ4v) is 3.75. The highest BCUT2D eigenvalue weighted by molar-refractivity contribution is 7.89. The number of hydrogen-bond acceptors (Lipinski definition) is 4. The van der Waals surface area contributed by atoms with Gasteiger partial charge in [0.25, 0.3) is 5.91 Å². The first-order chi connectivity index (χ1) is 12.5. The first-order valence-electron chi connectivity index (χ1n) is 8.56. The van der Waals surface area contributed by atoms with Crippen LogP contribution < -0.4 is 10.1 Å². The number of anilines is 1. The van der Waals surface area contributed by atoms with Crippen LogP contribution in [0.2, 0.25) is 0 Å². The van der Waals surface area contributed by atoms with Crippen LogP contribution in [0.4, 0.5) is 5.69 Å². The molecule has 0 bridgehead atoms. The van der Waals surface area contributed by atoms with Crippen molar-refractivity contribution in [3.05, 3.63) is 52.6 Å². The van der Waals surface area contributed by atoms with Crippen molar-refractivity contribution < 1.29 is 17.9 Å². The van der Waals surface area contributed by atoms with E-state index in [9.17, 15) is 13.2 Å². The van der Waals surface area contributed by atoms with E-state index in [1.165, 1.54) is 26.2 Å². The molecule has 2 aromatic carbocycles. The number of carbonyl (C=O) groups excluding carboxylic acids is 1. The minimum atomic E-state index is -3.57. The van der Waals surface area contributed by atoms with Crippen LogP contribution in [0.3, 0.4) is 0 Å². The second-order valence-electron chi connectivity index (χ2n) is 6.83. The molecule has 2 rings (SSSR count). The zero-order chi connectivity index (χ0) is 20.4. The van der Waals surface area contributed by atoms with Crippen molar-refractivity contribution in [1.82, 2.24) is 4.31 Å². The number of amides is 1. The van der Waals surface area contributed by atoms with Crippen molar-refractivity contribution in [2.45, 2.75) is 32.6 Å². The molecular formula is C20H26N2O4S. The normalized spacial score (nSPS) is 11.5. The van der Waals surface area contributed by atoms with E-state index in [-0.39, 0.29) is 17.4 Å². The number of aryl methyl sites for hydroxylation is 4. The van der Waals surface area contributed by atoms with E-state index in [0.29, 0.717) is 11.4 Å². The fourth-order valence-electron chi connectivity index (χ4n) is 2.83. The van der Waals surface area contributed by atoms with E-state index in [4.69, 9.17) is 4.74 Å². The summed E-state index contributed by atoms with van der Waals surface area (Å²) in [5, 5.41) is 2.74. The highest BCUT2D eigenvalue weighted by Gasteiger charge is 2.19. The maximum absolute atomic E-state index is 12.3. The van der Waals surface area contributed by atoms with Crippen LogP contribution in [0.25, 0.3) is 0 Å². The molecule has 0 unspecified atom stereocenters. The van der Waals surface area contributed by atoms with Gasteiger partial charge in [0.2, 0.25) is 10.0 Å². The molecule has 0 radical (unpaired) electrons. The molecule has 27 heavy (non-hydrogen) atoms. The minimum absolute atomic E-state index is 0.125. The second kappa shape index (κ2) is 8.10. The molecule has 7 heteroatoms. The first-order valence-corrected chi connectivity index (χ1v) is 10.00. The predicted molar refractivity (Wildman–Crippen MR) is 107 cm³/mol. The molecule has 0 spiro atoms. The van der Waals surface area contributed by atoms with Crippen LogP contribution >= 0.6 is 0 Å². The summed E-state index contributed by atoms with van der Waals surface area (Å²) in [4.78, 5) is 12.5. The summed E-state index contributed by atoms with van der Waals surface area (Å²) < 4.78 is 31.4. The van der Waals surface area contributed by atoms with Crippen molar-refractivity contribution in [2.75, 3.05) is 26.0 Å². The Morgan fingerprint density at radius 2 is 1.59 bits per heavy atom. The van der Waals surface area contributed by atoms with Crippen molar-refractivity contribution in [1.29, 1.82) is 0 Å². The maximum Gasteiger partial charge on any atom is 0.262 e. The Bertz CT molecular complexity index is 943. The summed E-state index contributed by atoms with van der Waals surface area (Å²) in [6.45, 7) is 7.53. The number of nitrogens with one attached hydrogen (secondary N) is 1. The zero-order valence-electron chi connectivity index (χ0n) is 16.6. The van der Waals surface area contributed by atoms with Gasteiger partial charge in [-0.2, -0.15) is 0 Å². The van der Waals surface area contributed by atoms with E-state index >= 15 is 0 Å². The highest BCUT2D eigenvalue weighted by Crippen LogP contribution is 2.25. The zero-order valence-corrected chi connectivity index (χ0v) is 17.4. The fraction of sp³-hybridized carbons (Fsp3) is 0.350. The lowest BCUT2D eigenvalue weighted by Gasteiger charge is -2.15. The van der Waals surface area contributed by atoms with Crippen LogP contribution in [0, 0.1) is 27.7 Å². The van der Waals surface area contributed by atoms with Crippen LogP contribution in [0.15, 0.2) is 35.2 Å². The maximum atomic E-state index is 12.3. The van der Waals surface area contributed by atoms with Gasteiger partial charge < -0.3 is 10.1 Å². The van der Waals surface area contributed by atoms with Gasteiger partial charge in [-0.3, -0.25) is 4.79 Å². The molecule has 0 fully saturated rings. The van der Waals surface area contributed by atoms with Gasteiger partial charge >= 0.3 is 0 Å². The topological polar surface area (TPSA) is 75.7 Å². The van der Waals surface area contributed by atoms with Crippen LogP contribution in [0.1, 0.15) is 22.3 Å². The molecule has 2 aromatic rings. The van der Waals surface area contributed by atoms with Gasteiger partial charge in [0.1, 0.15) is 5.75 Å².